The first-order valence-corrected chi connectivity index (χ1v) is 11.8. The van der Waals surface area contributed by atoms with Gasteiger partial charge in [0.1, 0.15) is 33.7 Å². The van der Waals surface area contributed by atoms with Gasteiger partial charge in [-0.05, 0) is 55.8 Å². The Morgan fingerprint density at radius 1 is 1.27 bits per heavy atom. The number of hydrogen-bond donors (Lipinski definition) is 1. The van der Waals surface area contributed by atoms with Crippen LogP contribution in [0.25, 0.3) is 0 Å². The second-order valence-corrected chi connectivity index (χ2v) is 9.68. The molecule has 2 heterocycles. The van der Waals surface area contributed by atoms with Gasteiger partial charge in [0.2, 0.25) is 0 Å². The number of aromatic nitrogens is 1. The SMILES string of the molecule is CC(C)Oc1ccc(C=NNC(=O)c2csc(CS(=O)(=O)Cc3ccco3)n2)cc1. The van der Waals surface area contributed by atoms with Crippen LogP contribution in [0.4, 0.5) is 0 Å². The third-order valence-electron chi connectivity index (χ3n) is 3.70. The molecule has 158 valence electrons. The van der Waals surface area contributed by atoms with Crippen LogP contribution >= 0.6 is 11.3 Å². The van der Waals surface area contributed by atoms with Gasteiger partial charge in [0, 0.05) is 5.38 Å². The number of hydrogen-bond acceptors (Lipinski definition) is 8. The monoisotopic (exact) mass is 447 g/mol. The summed E-state index contributed by atoms with van der Waals surface area (Å²) in [7, 11) is -3.45. The first kappa shape index (κ1) is 21.7. The van der Waals surface area contributed by atoms with E-state index < -0.39 is 15.7 Å². The molecule has 0 unspecified atom stereocenters. The van der Waals surface area contributed by atoms with E-state index in [1.807, 2.05) is 38.1 Å². The lowest BCUT2D eigenvalue weighted by molar-refractivity contribution is 0.0950. The van der Waals surface area contributed by atoms with Crippen LogP contribution in [-0.4, -0.2) is 31.6 Å². The quantitative estimate of drug-likeness (QED) is 0.398. The van der Waals surface area contributed by atoms with E-state index in [9.17, 15) is 13.2 Å². The van der Waals surface area contributed by atoms with Gasteiger partial charge in [-0.15, -0.1) is 11.3 Å². The second-order valence-electron chi connectivity index (χ2n) is 6.67. The molecule has 0 spiro atoms. The van der Waals surface area contributed by atoms with Gasteiger partial charge < -0.3 is 9.15 Å². The highest BCUT2D eigenvalue weighted by Gasteiger charge is 2.18. The molecule has 3 aromatic rings. The molecule has 1 aromatic carbocycles. The maximum absolute atomic E-state index is 12.2. The van der Waals surface area contributed by atoms with Gasteiger partial charge in [0.05, 0.1) is 18.6 Å². The predicted octanol–water partition coefficient (Wildman–Crippen LogP) is 3.40. The Labute approximate surface area is 178 Å². The number of benzene rings is 1. The van der Waals surface area contributed by atoms with Crippen molar-refractivity contribution in [1.29, 1.82) is 0 Å². The van der Waals surface area contributed by atoms with Crippen LogP contribution in [0.5, 0.6) is 5.75 Å². The Hall–Kier alpha value is -2.98. The molecule has 0 saturated heterocycles. The molecule has 0 aliphatic carbocycles. The smallest absolute Gasteiger partial charge is 0.290 e. The van der Waals surface area contributed by atoms with E-state index in [0.29, 0.717) is 10.8 Å². The molecule has 0 aliphatic rings. The number of furan rings is 1. The number of ether oxygens (including phenoxy) is 1. The van der Waals surface area contributed by atoms with Crippen molar-refractivity contribution >= 4 is 33.3 Å². The fourth-order valence-electron chi connectivity index (χ4n) is 2.46. The van der Waals surface area contributed by atoms with E-state index in [1.54, 1.807) is 12.1 Å². The zero-order valence-corrected chi connectivity index (χ0v) is 18.1. The van der Waals surface area contributed by atoms with E-state index in [2.05, 4.69) is 15.5 Å². The molecule has 1 N–H and O–H groups in total. The van der Waals surface area contributed by atoms with Crippen molar-refractivity contribution in [2.45, 2.75) is 31.5 Å². The standard InChI is InChI=1S/C20H21N3O5S2/c1-14(2)28-16-7-5-15(6-8-16)10-21-23-20(24)18-11-29-19(22-18)13-30(25,26)12-17-4-3-9-27-17/h3-11,14H,12-13H2,1-2H3,(H,23,24). The molecule has 0 radical (unpaired) electrons. The molecule has 0 atom stereocenters. The van der Waals surface area contributed by atoms with E-state index in [0.717, 1.165) is 22.6 Å². The van der Waals surface area contributed by atoms with Gasteiger partial charge in [0.25, 0.3) is 5.91 Å². The Morgan fingerprint density at radius 3 is 2.70 bits per heavy atom. The highest BCUT2D eigenvalue weighted by Crippen LogP contribution is 2.17. The molecule has 3 rings (SSSR count). The molecule has 0 aliphatic heterocycles. The molecule has 10 heteroatoms. The van der Waals surface area contributed by atoms with Gasteiger partial charge in [-0.2, -0.15) is 5.10 Å². The van der Waals surface area contributed by atoms with Gasteiger partial charge >= 0.3 is 0 Å². The Kier molecular flexibility index (Phi) is 7.01. The zero-order valence-electron chi connectivity index (χ0n) is 16.4. The predicted molar refractivity (Wildman–Crippen MR) is 114 cm³/mol. The summed E-state index contributed by atoms with van der Waals surface area (Å²) >= 11 is 1.11. The average Bonchev–Trinajstić information content (AvgIpc) is 3.34. The minimum absolute atomic E-state index is 0.0898. The zero-order chi connectivity index (χ0) is 21.6. The summed E-state index contributed by atoms with van der Waals surface area (Å²) in [4.78, 5) is 16.3. The normalized spacial score (nSPS) is 11.8. The number of carbonyl (C=O) groups is 1. The number of nitrogens with zero attached hydrogens (tertiary/aromatic N) is 2. The highest BCUT2D eigenvalue weighted by atomic mass is 32.2. The summed E-state index contributed by atoms with van der Waals surface area (Å²) in [5, 5.41) is 5.74. The van der Waals surface area contributed by atoms with Crippen molar-refractivity contribution < 1.29 is 22.4 Å². The summed E-state index contributed by atoms with van der Waals surface area (Å²) in [6.45, 7) is 3.90. The highest BCUT2D eigenvalue weighted by molar-refractivity contribution is 7.89. The van der Waals surface area contributed by atoms with Crippen molar-refractivity contribution in [1.82, 2.24) is 10.4 Å². The summed E-state index contributed by atoms with van der Waals surface area (Å²) < 4.78 is 35.1. The van der Waals surface area contributed by atoms with Crippen LogP contribution in [0.3, 0.4) is 0 Å². The van der Waals surface area contributed by atoms with Crippen molar-refractivity contribution in [2.75, 3.05) is 0 Å². The van der Waals surface area contributed by atoms with Crippen molar-refractivity contribution in [3.05, 3.63) is 70.1 Å². The maximum atomic E-state index is 12.2. The number of rotatable bonds is 9. The van der Waals surface area contributed by atoms with Crippen LogP contribution in [-0.2, 0) is 21.3 Å². The van der Waals surface area contributed by atoms with Gasteiger partial charge in [0.15, 0.2) is 9.84 Å². The largest absolute Gasteiger partial charge is 0.491 e. The van der Waals surface area contributed by atoms with Gasteiger partial charge in [-0.25, -0.2) is 18.8 Å². The van der Waals surface area contributed by atoms with Crippen molar-refractivity contribution in [3.8, 4) is 5.75 Å². The molecule has 0 saturated carbocycles. The van der Waals surface area contributed by atoms with Crippen LogP contribution in [0.2, 0.25) is 0 Å². The number of nitrogens with one attached hydrogen (secondary N) is 1. The van der Waals surface area contributed by atoms with Crippen LogP contribution in [0.1, 0.15) is 40.7 Å². The van der Waals surface area contributed by atoms with Crippen LogP contribution < -0.4 is 10.2 Å². The lowest BCUT2D eigenvalue weighted by Gasteiger charge is -2.09. The summed E-state index contributed by atoms with van der Waals surface area (Å²) in [5.74, 6) is 0.120. The minimum atomic E-state index is -3.45. The topological polar surface area (TPSA) is 111 Å². The maximum Gasteiger partial charge on any atom is 0.290 e. The molecule has 30 heavy (non-hydrogen) atoms. The van der Waals surface area contributed by atoms with Crippen molar-refractivity contribution in [3.63, 3.8) is 0 Å². The molecule has 2 aromatic heterocycles. The molecule has 1 amide bonds. The first-order chi connectivity index (χ1) is 14.3. The number of amides is 1. The second kappa shape index (κ2) is 9.68. The molecular formula is C20H21N3O5S2. The van der Waals surface area contributed by atoms with Gasteiger partial charge in [-0.3, -0.25) is 4.79 Å². The average molecular weight is 448 g/mol. The minimum Gasteiger partial charge on any atom is -0.491 e. The summed E-state index contributed by atoms with van der Waals surface area (Å²) in [5.41, 5.74) is 3.28. The Balaban J connectivity index is 1.54. The molecule has 0 fully saturated rings. The van der Waals surface area contributed by atoms with E-state index in [-0.39, 0.29) is 23.3 Å². The Morgan fingerprint density at radius 2 is 2.03 bits per heavy atom. The van der Waals surface area contributed by atoms with E-state index in [4.69, 9.17) is 9.15 Å². The van der Waals surface area contributed by atoms with Gasteiger partial charge in [-0.1, -0.05) is 0 Å². The summed E-state index contributed by atoms with van der Waals surface area (Å²) in [6, 6.07) is 10.5. The van der Waals surface area contributed by atoms with E-state index >= 15 is 0 Å². The van der Waals surface area contributed by atoms with Crippen LogP contribution in [0, 0.1) is 0 Å². The third-order valence-corrected chi connectivity index (χ3v) is 6.17. The number of sulfone groups is 1. The fourth-order valence-corrected chi connectivity index (χ4v) is 4.97. The summed E-state index contributed by atoms with van der Waals surface area (Å²) in [6.07, 6.45) is 3.01. The first-order valence-electron chi connectivity index (χ1n) is 9.08. The lowest BCUT2D eigenvalue weighted by Crippen LogP contribution is -2.18. The third kappa shape index (κ3) is 6.53. The number of carbonyl (C=O) groups excluding carboxylic acids is 1. The fraction of sp³-hybridized carbons (Fsp3) is 0.250. The number of hydrazone groups is 1. The lowest BCUT2D eigenvalue weighted by atomic mass is 10.2. The molecule has 8 nitrogen and oxygen atoms in total. The molecular weight excluding hydrogens is 426 g/mol. The van der Waals surface area contributed by atoms with Crippen LogP contribution in [0.15, 0.2) is 57.6 Å². The number of thiazole rings is 1. The molecule has 0 bridgehead atoms. The van der Waals surface area contributed by atoms with E-state index in [1.165, 1.54) is 17.9 Å². The van der Waals surface area contributed by atoms with Crippen molar-refractivity contribution in [2.24, 2.45) is 5.10 Å². The Bertz CT molecular complexity index is 1100.